The molecule has 0 unspecified atom stereocenters. The van der Waals surface area contributed by atoms with Crippen LogP contribution >= 0.6 is 0 Å². The molecule has 2 heterocycles. The first-order valence-electron chi connectivity index (χ1n) is 9.69. The molecule has 2 amide bonds. The zero-order valence-corrected chi connectivity index (χ0v) is 16.6. The summed E-state index contributed by atoms with van der Waals surface area (Å²) in [6.45, 7) is 7.61. The van der Waals surface area contributed by atoms with E-state index in [1.807, 2.05) is 23.1 Å². The molecule has 0 bridgehead atoms. The second kappa shape index (κ2) is 8.75. The number of aromatic nitrogens is 1. The fourth-order valence-corrected chi connectivity index (χ4v) is 3.47. The van der Waals surface area contributed by atoms with Crippen LogP contribution < -0.4 is 10.2 Å². The SMILES string of the molecule is CC(C)(CNC(=O)N1CCCN(c2ncccc2C#N)CC1)c1ccccc1. The van der Waals surface area contributed by atoms with E-state index in [0.29, 0.717) is 37.6 Å². The van der Waals surface area contributed by atoms with E-state index < -0.39 is 0 Å². The van der Waals surface area contributed by atoms with Crippen LogP contribution in [0, 0.1) is 11.3 Å². The normalized spacial score (nSPS) is 14.9. The minimum absolute atomic E-state index is 0.0348. The number of carbonyl (C=O) groups excluding carboxylic acids is 1. The van der Waals surface area contributed by atoms with Crippen molar-refractivity contribution < 1.29 is 4.79 Å². The van der Waals surface area contributed by atoms with Crippen molar-refractivity contribution in [2.24, 2.45) is 0 Å². The Morgan fingerprint density at radius 2 is 1.93 bits per heavy atom. The van der Waals surface area contributed by atoms with E-state index in [1.165, 1.54) is 5.56 Å². The summed E-state index contributed by atoms with van der Waals surface area (Å²) >= 11 is 0. The first kappa shape index (κ1) is 19.7. The molecule has 0 aliphatic carbocycles. The molecule has 1 aliphatic rings. The fraction of sp³-hybridized carbons (Fsp3) is 0.409. The summed E-state index contributed by atoms with van der Waals surface area (Å²) in [5, 5.41) is 12.4. The lowest BCUT2D eigenvalue weighted by atomic mass is 9.85. The molecule has 0 radical (unpaired) electrons. The fourth-order valence-electron chi connectivity index (χ4n) is 3.47. The zero-order valence-electron chi connectivity index (χ0n) is 16.6. The van der Waals surface area contributed by atoms with Gasteiger partial charge in [0.25, 0.3) is 0 Å². The average molecular weight is 377 g/mol. The number of hydrogen-bond donors (Lipinski definition) is 1. The maximum atomic E-state index is 12.7. The Morgan fingerprint density at radius 3 is 2.68 bits per heavy atom. The Kier molecular flexibility index (Phi) is 6.15. The molecule has 2 aromatic rings. The van der Waals surface area contributed by atoms with Gasteiger partial charge in [-0.15, -0.1) is 0 Å². The first-order valence-corrected chi connectivity index (χ1v) is 9.69. The number of nitriles is 1. The van der Waals surface area contributed by atoms with E-state index >= 15 is 0 Å². The van der Waals surface area contributed by atoms with Gasteiger partial charge in [0, 0.05) is 44.3 Å². The van der Waals surface area contributed by atoms with Crippen molar-refractivity contribution >= 4 is 11.8 Å². The van der Waals surface area contributed by atoms with E-state index in [0.717, 1.165) is 13.0 Å². The van der Waals surface area contributed by atoms with Gasteiger partial charge in [0.05, 0.1) is 5.56 Å². The highest BCUT2D eigenvalue weighted by atomic mass is 16.2. The van der Waals surface area contributed by atoms with Gasteiger partial charge in [-0.25, -0.2) is 9.78 Å². The van der Waals surface area contributed by atoms with Gasteiger partial charge in [-0.3, -0.25) is 0 Å². The molecule has 6 nitrogen and oxygen atoms in total. The maximum absolute atomic E-state index is 12.7. The van der Waals surface area contributed by atoms with Crippen LogP contribution in [0.2, 0.25) is 0 Å². The minimum Gasteiger partial charge on any atom is -0.354 e. The standard InChI is InChI=1S/C22H27N5O/c1-22(2,19-9-4-3-5-10-19)17-25-21(28)27-13-7-12-26(14-15-27)20-18(16-23)8-6-11-24-20/h3-6,8-11H,7,12-15,17H2,1-2H3,(H,25,28). The smallest absolute Gasteiger partial charge is 0.317 e. The average Bonchev–Trinajstić information content (AvgIpc) is 2.99. The number of urea groups is 1. The van der Waals surface area contributed by atoms with Gasteiger partial charge >= 0.3 is 6.03 Å². The Balaban J connectivity index is 1.58. The second-order valence-electron chi connectivity index (χ2n) is 7.72. The van der Waals surface area contributed by atoms with E-state index in [-0.39, 0.29) is 11.4 Å². The number of rotatable bonds is 4. The number of carbonyl (C=O) groups is 1. The van der Waals surface area contributed by atoms with Gasteiger partial charge in [-0.05, 0) is 24.1 Å². The highest BCUT2D eigenvalue weighted by Gasteiger charge is 2.25. The van der Waals surface area contributed by atoms with E-state index in [4.69, 9.17) is 0 Å². The van der Waals surface area contributed by atoms with E-state index in [2.05, 4.69) is 47.3 Å². The lowest BCUT2D eigenvalue weighted by Crippen LogP contribution is -2.46. The molecule has 1 aromatic carbocycles. The first-order chi connectivity index (χ1) is 13.5. The summed E-state index contributed by atoms with van der Waals surface area (Å²) in [6, 6.07) is 16.0. The van der Waals surface area contributed by atoms with Crippen molar-refractivity contribution in [2.45, 2.75) is 25.7 Å². The summed E-state index contributed by atoms with van der Waals surface area (Å²) in [5.74, 6) is 0.706. The third kappa shape index (κ3) is 4.61. The van der Waals surface area contributed by atoms with Gasteiger partial charge in [0.15, 0.2) is 0 Å². The third-order valence-corrected chi connectivity index (χ3v) is 5.23. The predicted octanol–water partition coefficient (Wildman–Crippen LogP) is 3.15. The number of pyridine rings is 1. The number of benzene rings is 1. The molecule has 146 valence electrons. The van der Waals surface area contributed by atoms with Crippen molar-refractivity contribution in [1.29, 1.82) is 5.26 Å². The molecule has 0 atom stereocenters. The highest BCUT2D eigenvalue weighted by molar-refractivity contribution is 5.74. The van der Waals surface area contributed by atoms with Crippen LogP contribution in [-0.2, 0) is 5.41 Å². The quantitative estimate of drug-likeness (QED) is 0.888. The van der Waals surface area contributed by atoms with Gasteiger partial charge in [0.2, 0.25) is 0 Å². The number of nitrogens with zero attached hydrogens (tertiary/aromatic N) is 4. The highest BCUT2D eigenvalue weighted by Crippen LogP contribution is 2.22. The third-order valence-electron chi connectivity index (χ3n) is 5.23. The van der Waals surface area contributed by atoms with Crippen LogP contribution in [0.4, 0.5) is 10.6 Å². The molecule has 1 fully saturated rings. The van der Waals surface area contributed by atoms with E-state index in [9.17, 15) is 10.1 Å². The summed E-state index contributed by atoms with van der Waals surface area (Å²) in [7, 11) is 0. The van der Waals surface area contributed by atoms with Crippen molar-refractivity contribution in [3.05, 3.63) is 59.8 Å². The van der Waals surface area contributed by atoms with Gasteiger partial charge in [0.1, 0.15) is 11.9 Å². The van der Waals surface area contributed by atoms with E-state index in [1.54, 1.807) is 18.3 Å². The molecule has 28 heavy (non-hydrogen) atoms. The lowest BCUT2D eigenvalue weighted by Gasteiger charge is -2.28. The monoisotopic (exact) mass is 377 g/mol. The minimum atomic E-state index is -0.134. The molecule has 6 heteroatoms. The summed E-state index contributed by atoms with van der Waals surface area (Å²) in [4.78, 5) is 21.0. The van der Waals surface area contributed by atoms with Crippen LogP contribution in [0.5, 0.6) is 0 Å². The molecule has 1 aliphatic heterocycles. The molecule has 0 spiro atoms. The largest absolute Gasteiger partial charge is 0.354 e. The second-order valence-corrected chi connectivity index (χ2v) is 7.72. The summed E-state index contributed by atoms with van der Waals surface area (Å²) in [5.41, 5.74) is 1.64. The van der Waals surface area contributed by atoms with Crippen LogP contribution in [0.1, 0.15) is 31.4 Å². The van der Waals surface area contributed by atoms with Crippen molar-refractivity contribution in [3.63, 3.8) is 0 Å². The van der Waals surface area contributed by atoms with Crippen molar-refractivity contribution in [1.82, 2.24) is 15.2 Å². The van der Waals surface area contributed by atoms with Crippen molar-refractivity contribution in [3.8, 4) is 6.07 Å². The van der Waals surface area contributed by atoms with Gasteiger partial charge in [-0.2, -0.15) is 5.26 Å². The lowest BCUT2D eigenvalue weighted by molar-refractivity contribution is 0.199. The number of anilines is 1. The zero-order chi connectivity index (χ0) is 20.0. The topological polar surface area (TPSA) is 72.3 Å². The van der Waals surface area contributed by atoms with Crippen LogP contribution in [-0.4, -0.2) is 48.6 Å². The Labute approximate surface area is 166 Å². The molecule has 0 saturated carbocycles. The van der Waals surface area contributed by atoms with Crippen LogP contribution in [0.25, 0.3) is 0 Å². The van der Waals surface area contributed by atoms with Gasteiger partial charge < -0.3 is 15.1 Å². The van der Waals surface area contributed by atoms with Crippen molar-refractivity contribution in [2.75, 3.05) is 37.6 Å². The summed E-state index contributed by atoms with van der Waals surface area (Å²) in [6.07, 6.45) is 2.55. The molecule has 1 aromatic heterocycles. The Morgan fingerprint density at radius 1 is 1.14 bits per heavy atom. The molecular weight excluding hydrogens is 350 g/mol. The van der Waals surface area contributed by atoms with Crippen LogP contribution in [0.3, 0.4) is 0 Å². The Hall–Kier alpha value is -3.07. The summed E-state index contributed by atoms with van der Waals surface area (Å²) < 4.78 is 0. The van der Waals surface area contributed by atoms with Crippen LogP contribution in [0.15, 0.2) is 48.7 Å². The number of amides is 2. The molecule has 1 saturated heterocycles. The number of hydrogen-bond acceptors (Lipinski definition) is 4. The Bertz CT molecular complexity index is 844. The molecule has 3 rings (SSSR count). The van der Waals surface area contributed by atoms with Gasteiger partial charge in [-0.1, -0.05) is 44.2 Å². The maximum Gasteiger partial charge on any atom is 0.317 e. The number of nitrogens with one attached hydrogen (secondary N) is 1. The molecular formula is C22H27N5O. The predicted molar refractivity (Wildman–Crippen MR) is 110 cm³/mol. The molecule has 1 N–H and O–H groups in total.